The SMILES string of the molecule is c1ccc2c(c1)CCC2NCc1coc2ccccc12. The number of rotatable bonds is 3. The standard InChI is InChI=1S/C18H17NO/c1-2-6-15-13(5-1)9-10-17(15)19-11-14-12-20-18-8-4-3-7-16(14)18/h1-8,12,17,19H,9-11H2. The summed E-state index contributed by atoms with van der Waals surface area (Å²) < 4.78 is 5.59. The third kappa shape index (κ3) is 1.93. The van der Waals surface area contributed by atoms with E-state index in [2.05, 4.69) is 41.7 Å². The number of benzene rings is 2. The molecular weight excluding hydrogens is 246 g/mol. The number of furan rings is 1. The summed E-state index contributed by atoms with van der Waals surface area (Å²) >= 11 is 0. The monoisotopic (exact) mass is 263 g/mol. The van der Waals surface area contributed by atoms with E-state index in [0.717, 1.165) is 12.1 Å². The van der Waals surface area contributed by atoms with Gasteiger partial charge >= 0.3 is 0 Å². The molecule has 0 amide bonds. The maximum absolute atomic E-state index is 5.59. The summed E-state index contributed by atoms with van der Waals surface area (Å²) in [6.07, 6.45) is 4.24. The Balaban J connectivity index is 1.54. The highest BCUT2D eigenvalue weighted by molar-refractivity contribution is 5.80. The van der Waals surface area contributed by atoms with E-state index >= 15 is 0 Å². The molecule has 1 aromatic heterocycles. The molecule has 1 N–H and O–H groups in total. The van der Waals surface area contributed by atoms with Gasteiger partial charge in [0.2, 0.25) is 0 Å². The first kappa shape index (κ1) is 11.7. The number of aryl methyl sites for hydroxylation is 1. The topological polar surface area (TPSA) is 25.2 Å². The maximum Gasteiger partial charge on any atom is 0.134 e. The molecule has 0 bridgehead atoms. The minimum absolute atomic E-state index is 0.472. The Morgan fingerprint density at radius 2 is 1.90 bits per heavy atom. The molecule has 20 heavy (non-hydrogen) atoms. The lowest BCUT2D eigenvalue weighted by Gasteiger charge is -2.13. The van der Waals surface area contributed by atoms with Gasteiger partial charge in [-0.1, -0.05) is 42.5 Å². The van der Waals surface area contributed by atoms with Crippen LogP contribution >= 0.6 is 0 Å². The zero-order valence-electron chi connectivity index (χ0n) is 11.3. The zero-order valence-corrected chi connectivity index (χ0v) is 11.3. The lowest BCUT2D eigenvalue weighted by atomic mass is 10.1. The normalized spacial score (nSPS) is 17.5. The first-order chi connectivity index (χ1) is 9.92. The summed E-state index contributed by atoms with van der Waals surface area (Å²) in [6, 6.07) is 17.4. The van der Waals surface area contributed by atoms with Gasteiger partial charge in [-0.05, 0) is 30.0 Å². The van der Waals surface area contributed by atoms with Crippen LogP contribution in [-0.4, -0.2) is 0 Å². The number of hydrogen-bond acceptors (Lipinski definition) is 2. The van der Waals surface area contributed by atoms with Crippen molar-refractivity contribution in [3.8, 4) is 0 Å². The van der Waals surface area contributed by atoms with Crippen LogP contribution in [-0.2, 0) is 13.0 Å². The molecule has 2 heteroatoms. The third-order valence-corrected chi connectivity index (χ3v) is 4.23. The highest BCUT2D eigenvalue weighted by atomic mass is 16.3. The predicted molar refractivity (Wildman–Crippen MR) is 80.6 cm³/mol. The van der Waals surface area contributed by atoms with Gasteiger partial charge in [-0.3, -0.25) is 0 Å². The van der Waals surface area contributed by atoms with Crippen LogP contribution in [0.15, 0.2) is 59.2 Å². The molecule has 4 rings (SSSR count). The summed E-state index contributed by atoms with van der Waals surface area (Å²) in [4.78, 5) is 0. The van der Waals surface area contributed by atoms with E-state index in [4.69, 9.17) is 4.42 Å². The van der Waals surface area contributed by atoms with Crippen molar-refractivity contribution in [2.24, 2.45) is 0 Å². The molecule has 1 aliphatic carbocycles. The van der Waals surface area contributed by atoms with Gasteiger partial charge in [0.05, 0.1) is 6.26 Å². The average molecular weight is 263 g/mol. The van der Waals surface area contributed by atoms with Gasteiger partial charge in [0, 0.05) is 23.5 Å². The van der Waals surface area contributed by atoms with Crippen molar-refractivity contribution < 1.29 is 4.42 Å². The van der Waals surface area contributed by atoms with Crippen molar-refractivity contribution in [3.05, 3.63) is 71.5 Å². The van der Waals surface area contributed by atoms with Crippen molar-refractivity contribution in [2.75, 3.05) is 0 Å². The van der Waals surface area contributed by atoms with Crippen molar-refractivity contribution in [1.29, 1.82) is 0 Å². The molecule has 2 aromatic carbocycles. The third-order valence-electron chi connectivity index (χ3n) is 4.23. The molecule has 0 saturated heterocycles. The molecule has 0 aliphatic heterocycles. The lowest BCUT2D eigenvalue weighted by molar-refractivity contribution is 0.525. The molecule has 3 aromatic rings. The highest BCUT2D eigenvalue weighted by Crippen LogP contribution is 2.31. The Morgan fingerprint density at radius 1 is 1.05 bits per heavy atom. The van der Waals surface area contributed by atoms with Crippen molar-refractivity contribution >= 4 is 11.0 Å². The van der Waals surface area contributed by atoms with Gasteiger partial charge in [-0.2, -0.15) is 0 Å². The van der Waals surface area contributed by atoms with E-state index in [1.165, 1.54) is 34.9 Å². The minimum atomic E-state index is 0.472. The minimum Gasteiger partial charge on any atom is -0.464 e. The lowest BCUT2D eigenvalue weighted by Crippen LogP contribution is -2.18. The Hall–Kier alpha value is -2.06. The van der Waals surface area contributed by atoms with Crippen LogP contribution in [0.25, 0.3) is 11.0 Å². The summed E-state index contributed by atoms with van der Waals surface area (Å²) in [6.45, 7) is 0.857. The fourth-order valence-electron chi connectivity index (χ4n) is 3.17. The molecule has 0 saturated carbocycles. The second-order valence-corrected chi connectivity index (χ2v) is 5.43. The van der Waals surface area contributed by atoms with Crippen LogP contribution in [0.5, 0.6) is 0 Å². The maximum atomic E-state index is 5.59. The molecule has 100 valence electrons. The Morgan fingerprint density at radius 3 is 2.90 bits per heavy atom. The second kappa shape index (κ2) is 4.80. The molecule has 0 fully saturated rings. The molecule has 0 spiro atoms. The summed E-state index contributed by atoms with van der Waals surface area (Å²) in [5.41, 5.74) is 5.16. The first-order valence-electron chi connectivity index (χ1n) is 7.18. The van der Waals surface area contributed by atoms with Gasteiger partial charge in [-0.25, -0.2) is 0 Å². The molecule has 1 heterocycles. The Labute approximate surface area is 118 Å². The second-order valence-electron chi connectivity index (χ2n) is 5.43. The molecule has 1 aliphatic rings. The van der Waals surface area contributed by atoms with Gasteiger partial charge in [0.15, 0.2) is 0 Å². The van der Waals surface area contributed by atoms with Crippen LogP contribution in [0.2, 0.25) is 0 Å². The van der Waals surface area contributed by atoms with Crippen LogP contribution in [0.1, 0.15) is 29.2 Å². The van der Waals surface area contributed by atoms with Crippen LogP contribution in [0, 0.1) is 0 Å². The van der Waals surface area contributed by atoms with Crippen molar-refractivity contribution in [1.82, 2.24) is 5.32 Å². The summed E-state index contributed by atoms with van der Waals surface area (Å²) in [5.74, 6) is 0. The van der Waals surface area contributed by atoms with E-state index in [-0.39, 0.29) is 0 Å². The van der Waals surface area contributed by atoms with Gasteiger partial charge < -0.3 is 9.73 Å². The summed E-state index contributed by atoms with van der Waals surface area (Å²) in [7, 11) is 0. The number of fused-ring (bicyclic) bond motifs is 2. The Kier molecular flexibility index (Phi) is 2.82. The summed E-state index contributed by atoms with van der Waals surface area (Å²) in [5, 5.41) is 4.89. The van der Waals surface area contributed by atoms with Gasteiger partial charge in [-0.15, -0.1) is 0 Å². The van der Waals surface area contributed by atoms with E-state index in [9.17, 15) is 0 Å². The van der Waals surface area contributed by atoms with E-state index in [0.29, 0.717) is 6.04 Å². The van der Waals surface area contributed by atoms with Gasteiger partial charge in [0.25, 0.3) is 0 Å². The average Bonchev–Trinajstić information content (AvgIpc) is 3.09. The number of hydrogen-bond donors (Lipinski definition) is 1. The fraction of sp³-hybridized carbons (Fsp3) is 0.222. The molecule has 0 radical (unpaired) electrons. The molecule has 2 nitrogen and oxygen atoms in total. The van der Waals surface area contributed by atoms with E-state index in [1.54, 1.807) is 0 Å². The van der Waals surface area contributed by atoms with Crippen molar-refractivity contribution in [2.45, 2.75) is 25.4 Å². The van der Waals surface area contributed by atoms with Crippen LogP contribution in [0.4, 0.5) is 0 Å². The quantitative estimate of drug-likeness (QED) is 0.765. The predicted octanol–water partition coefficient (Wildman–Crippen LogP) is 4.21. The number of para-hydroxylation sites is 1. The fourth-order valence-corrected chi connectivity index (χ4v) is 3.17. The zero-order chi connectivity index (χ0) is 13.4. The molecular formula is C18H17NO. The van der Waals surface area contributed by atoms with Crippen LogP contribution < -0.4 is 5.32 Å². The van der Waals surface area contributed by atoms with Crippen molar-refractivity contribution in [3.63, 3.8) is 0 Å². The highest BCUT2D eigenvalue weighted by Gasteiger charge is 2.21. The van der Waals surface area contributed by atoms with E-state index in [1.807, 2.05) is 18.4 Å². The van der Waals surface area contributed by atoms with Gasteiger partial charge in [0.1, 0.15) is 5.58 Å². The Bertz CT molecular complexity index is 744. The van der Waals surface area contributed by atoms with Crippen LogP contribution in [0.3, 0.4) is 0 Å². The van der Waals surface area contributed by atoms with E-state index < -0.39 is 0 Å². The number of nitrogens with one attached hydrogen (secondary N) is 1. The molecule has 1 atom stereocenters. The largest absolute Gasteiger partial charge is 0.464 e. The molecule has 1 unspecified atom stereocenters. The first-order valence-corrected chi connectivity index (χ1v) is 7.18. The smallest absolute Gasteiger partial charge is 0.134 e.